The van der Waals surface area contributed by atoms with Crippen LogP contribution >= 0.6 is 0 Å². The topological polar surface area (TPSA) is 85.2 Å². The molecule has 2 unspecified atom stereocenters. The van der Waals surface area contributed by atoms with E-state index >= 15 is 0 Å². The molecule has 1 amide bonds. The summed E-state index contributed by atoms with van der Waals surface area (Å²) in [6, 6.07) is 15.9. The molecule has 8 heteroatoms. The quantitative estimate of drug-likeness (QED) is 0.454. The minimum Gasteiger partial charge on any atom is -0.497 e. The average Bonchev–Trinajstić information content (AvgIpc) is 3.33. The molecule has 1 aliphatic rings. The predicted octanol–water partition coefficient (Wildman–Crippen LogP) is 4.23. The Labute approximate surface area is 205 Å². The van der Waals surface area contributed by atoms with Crippen molar-refractivity contribution >= 4 is 22.8 Å². The second kappa shape index (κ2) is 9.74. The van der Waals surface area contributed by atoms with Gasteiger partial charge in [-0.3, -0.25) is 4.79 Å². The minimum absolute atomic E-state index is 0.0682. The van der Waals surface area contributed by atoms with Crippen molar-refractivity contribution in [1.82, 2.24) is 25.1 Å². The molecule has 0 aliphatic carbocycles. The molecular weight excluding hydrogens is 440 g/mol. The molecule has 2 aromatic carbocycles. The number of nitrogens with zero attached hydrogens (tertiary/aromatic N) is 5. The molecule has 3 heterocycles. The second-order valence-electron chi connectivity index (χ2n) is 9.13. The smallest absolute Gasteiger partial charge is 0.225 e. The molecular formula is C27H30N6O2. The van der Waals surface area contributed by atoms with Gasteiger partial charge in [0.15, 0.2) is 5.65 Å². The van der Waals surface area contributed by atoms with E-state index in [4.69, 9.17) is 4.74 Å². The Morgan fingerprint density at radius 3 is 2.63 bits per heavy atom. The summed E-state index contributed by atoms with van der Waals surface area (Å²) in [7, 11) is 1.65. The lowest BCUT2D eigenvalue weighted by Gasteiger charge is -2.33. The van der Waals surface area contributed by atoms with E-state index in [1.54, 1.807) is 13.4 Å². The number of fused-ring (bicyclic) bond motifs is 1. The van der Waals surface area contributed by atoms with Gasteiger partial charge in [-0.05, 0) is 56.5 Å². The fourth-order valence-electron chi connectivity index (χ4n) is 4.60. The molecule has 1 saturated heterocycles. The fourth-order valence-corrected chi connectivity index (χ4v) is 4.60. The highest BCUT2D eigenvalue weighted by molar-refractivity contribution is 5.87. The van der Waals surface area contributed by atoms with Gasteiger partial charge in [-0.15, -0.1) is 5.10 Å². The SMILES string of the molecule is COc1ccc(C(C)NC(=O)C2CCCN(c3ncnc4nn(-c5ccc(C)cc5)cc34)C2)cc1. The normalized spacial score (nSPS) is 16.8. The Kier molecular flexibility index (Phi) is 6.35. The molecule has 2 atom stereocenters. The van der Waals surface area contributed by atoms with Crippen molar-refractivity contribution in [2.24, 2.45) is 5.92 Å². The van der Waals surface area contributed by atoms with Crippen molar-refractivity contribution in [2.75, 3.05) is 25.1 Å². The molecule has 180 valence electrons. The third-order valence-electron chi connectivity index (χ3n) is 6.66. The summed E-state index contributed by atoms with van der Waals surface area (Å²) in [4.78, 5) is 24.3. The first kappa shape index (κ1) is 22.8. The van der Waals surface area contributed by atoms with Crippen molar-refractivity contribution in [2.45, 2.75) is 32.7 Å². The first-order valence-electron chi connectivity index (χ1n) is 12.0. The number of aryl methyl sites for hydroxylation is 1. The Morgan fingerprint density at radius 2 is 1.89 bits per heavy atom. The molecule has 5 rings (SSSR count). The third-order valence-corrected chi connectivity index (χ3v) is 6.66. The Bertz CT molecular complexity index is 1320. The summed E-state index contributed by atoms with van der Waals surface area (Å²) in [6.07, 6.45) is 5.31. The van der Waals surface area contributed by atoms with Crippen LogP contribution in [-0.4, -0.2) is 45.9 Å². The number of carbonyl (C=O) groups excluding carboxylic acids is 1. The number of benzene rings is 2. The van der Waals surface area contributed by atoms with Crippen LogP contribution in [0.4, 0.5) is 5.82 Å². The Balaban J connectivity index is 1.32. The van der Waals surface area contributed by atoms with Crippen molar-refractivity contribution in [1.29, 1.82) is 0 Å². The molecule has 1 fully saturated rings. The van der Waals surface area contributed by atoms with Crippen molar-refractivity contribution in [3.63, 3.8) is 0 Å². The third kappa shape index (κ3) is 4.82. The van der Waals surface area contributed by atoms with E-state index < -0.39 is 0 Å². The standard InChI is InChI=1S/C27H30N6O2/c1-18-6-10-22(11-7-18)33-16-24-25(31-33)28-17-29-26(24)32-14-4-5-21(15-32)27(34)30-19(2)20-8-12-23(35-3)13-9-20/h6-13,16-17,19,21H,4-5,14-15H2,1-3H3,(H,30,34). The van der Waals surface area contributed by atoms with Gasteiger partial charge in [-0.2, -0.15) is 0 Å². The number of ether oxygens (including phenoxy) is 1. The van der Waals surface area contributed by atoms with Crippen molar-refractivity contribution in [3.05, 3.63) is 72.2 Å². The summed E-state index contributed by atoms with van der Waals surface area (Å²) in [6.45, 7) is 5.53. The molecule has 0 radical (unpaired) electrons. The van der Waals surface area contributed by atoms with Gasteiger partial charge in [0.25, 0.3) is 0 Å². The molecule has 1 aliphatic heterocycles. The van der Waals surface area contributed by atoms with Crippen LogP contribution in [0.5, 0.6) is 5.75 Å². The number of piperidine rings is 1. The molecule has 0 bridgehead atoms. The molecule has 0 saturated carbocycles. The minimum atomic E-state index is -0.110. The lowest BCUT2D eigenvalue weighted by molar-refractivity contribution is -0.125. The maximum Gasteiger partial charge on any atom is 0.225 e. The van der Waals surface area contributed by atoms with Gasteiger partial charge in [0.05, 0.1) is 30.1 Å². The van der Waals surface area contributed by atoms with Crippen LogP contribution in [0.3, 0.4) is 0 Å². The zero-order valence-electron chi connectivity index (χ0n) is 20.3. The van der Waals surface area contributed by atoms with E-state index in [0.29, 0.717) is 12.2 Å². The number of hydrogen-bond acceptors (Lipinski definition) is 6. The molecule has 0 spiro atoms. The molecule has 8 nitrogen and oxygen atoms in total. The monoisotopic (exact) mass is 470 g/mol. The van der Waals surface area contributed by atoms with Crippen molar-refractivity contribution in [3.8, 4) is 11.4 Å². The van der Waals surface area contributed by atoms with Crippen LogP contribution in [0, 0.1) is 12.8 Å². The molecule has 1 N–H and O–H groups in total. The average molecular weight is 471 g/mol. The largest absolute Gasteiger partial charge is 0.497 e. The van der Waals surface area contributed by atoms with Gasteiger partial charge >= 0.3 is 0 Å². The van der Waals surface area contributed by atoms with E-state index in [1.165, 1.54) is 5.56 Å². The fraction of sp³-hybridized carbons (Fsp3) is 0.333. The highest BCUT2D eigenvalue weighted by atomic mass is 16.5. The first-order chi connectivity index (χ1) is 17.0. The zero-order valence-corrected chi connectivity index (χ0v) is 20.3. The van der Waals surface area contributed by atoms with Crippen LogP contribution in [0.25, 0.3) is 16.7 Å². The Hall–Kier alpha value is -3.94. The number of anilines is 1. The van der Waals surface area contributed by atoms with Crippen LogP contribution in [0.15, 0.2) is 61.1 Å². The van der Waals surface area contributed by atoms with E-state index in [2.05, 4.69) is 44.3 Å². The van der Waals surface area contributed by atoms with E-state index in [9.17, 15) is 4.79 Å². The van der Waals surface area contributed by atoms with Crippen LogP contribution in [-0.2, 0) is 4.79 Å². The van der Waals surface area contributed by atoms with Gasteiger partial charge in [-0.25, -0.2) is 14.6 Å². The van der Waals surface area contributed by atoms with E-state index in [0.717, 1.165) is 47.6 Å². The first-order valence-corrected chi connectivity index (χ1v) is 12.0. The van der Waals surface area contributed by atoms with Gasteiger partial charge < -0.3 is 15.0 Å². The number of amides is 1. The maximum absolute atomic E-state index is 13.2. The summed E-state index contributed by atoms with van der Waals surface area (Å²) in [5.74, 6) is 1.59. The van der Waals surface area contributed by atoms with Crippen LogP contribution in [0.1, 0.15) is 36.9 Å². The lowest BCUT2D eigenvalue weighted by atomic mass is 9.96. The van der Waals surface area contributed by atoms with Crippen molar-refractivity contribution < 1.29 is 9.53 Å². The van der Waals surface area contributed by atoms with Gasteiger partial charge in [0.2, 0.25) is 5.91 Å². The maximum atomic E-state index is 13.2. The number of methoxy groups -OCH3 is 1. The van der Waals surface area contributed by atoms with E-state index in [-0.39, 0.29) is 17.9 Å². The lowest BCUT2D eigenvalue weighted by Crippen LogP contribution is -2.44. The number of nitrogens with one attached hydrogen (secondary N) is 1. The van der Waals surface area contributed by atoms with Gasteiger partial charge in [-0.1, -0.05) is 29.8 Å². The summed E-state index contributed by atoms with van der Waals surface area (Å²) in [5.41, 5.74) is 3.87. The summed E-state index contributed by atoms with van der Waals surface area (Å²) < 4.78 is 7.07. The zero-order chi connectivity index (χ0) is 24.4. The van der Waals surface area contributed by atoms with Gasteiger partial charge in [0, 0.05) is 19.3 Å². The highest BCUT2D eigenvalue weighted by Gasteiger charge is 2.29. The molecule has 35 heavy (non-hydrogen) atoms. The number of hydrogen-bond donors (Lipinski definition) is 1. The number of carbonyl (C=O) groups is 1. The molecule has 2 aromatic heterocycles. The summed E-state index contributed by atoms with van der Waals surface area (Å²) >= 11 is 0. The summed E-state index contributed by atoms with van der Waals surface area (Å²) in [5, 5.41) is 8.73. The Morgan fingerprint density at radius 1 is 1.11 bits per heavy atom. The van der Waals surface area contributed by atoms with E-state index in [1.807, 2.05) is 54.2 Å². The predicted molar refractivity (Wildman–Crippen MR) is 136 cm³/mol. The number of rotatable bonds is 6. The second-order valence-corrected chi connectivity index (χ2v) is 9.13. The highest BCUT2D eigenvalue weighted by Crippen LogP contribution is 2.28. The molecule has 4 aromatic rings. The number of aromatic nitrogens is 4. The van der Waals surface area contributed by atoms with Crippen LogP contribution in [0.2, 0.25) is 0 Å². The van der Waals surface area contributed by atoms with Crippen LogP contribution < -0.4 is 15.0 Å². The van der Waals surface area contributed by atoms with Gasteiger partial charge in [0.1, 0.15) is 17.9 Å².